The van der Waals surface area contributed by atoms with Gasteiger partial charge < -0.3 is 15.5 Å². The molecule has 0 fully saturated rings. The van der Waals surface area contributed by atoms with Gasteiger partial charge in [-0.05, 0) is 19.3 Å². The molecule has 1 rings (SSSR count). The standard InChI is InChI=1S/C12H19F3N4O2S/c1-2-22-18-6-4-3-5-8(21-11(16)20)10-17-7-9(19-10)12(13,14)15/h7-8,18H,2-6H2,1H3,(H2,16,20)(H,17,19). The van der Waals surface area contributed by atoms with E-state index in [0.29, 0.717) is 19.0 Å². The summed E-state index contributed by atoms with van der Waals surface area (Å²) in [4.78, 5) is 16.6. The first-order valence-corrected chi connectivity index (χ1v) is 7.76. The molecule has 10 heteroatoms. The Labute approximate surface area is 130 Å². The number of carbonyl (C=O) groups is 1. The third-order valence-electron chi connectivity index (χ3n) is 2.71. The Balaban J connectivity index is 2.57. The van der Waals surface area contributed by atoms with Gasteiger partial charge in [0, 0.05) is 12.3 Å². The molecule has 0 aromatic carbocycles. The van der Waals surface area contributed by atoms with E-state index in [-0.39, 0.29) is 5.82 Å². The van der Waals surface area contributed by atoms with Crippen molar-refractivity contribution in [2.24, 2.45) is 5.73 Å². The number of ether oxygens (including phenoxy) is 1. The summed E-state index contributed by atoms with van der Waals surface area (Å²) >= 11 is 1.58. The summed E-state index contributed by atoms with van der Waals surface area (Å²) in [6.45, 7) is 2.78. The summed E-state index contributed by atoms with van der Waals surface area (Å²) in [5.74, 6) is 0.891. The van der Waals surface area contributed by atoms with Crippen LogP contribution < -0.4 is 10.5 Å². The minimum Gasteiger partial charge on any atom is -0.438 e. The van der Waals surface area contributed by atoms with Crippen LogP contribution in [0.25, 0.3) is 0 Å². The van der Waals surface area contributed by atoms with Crippen molar-refractivity contribution in [3.8, 4) is 0 Å². The van der Waals surface area contributed by atoms with E-state index in [9.17, 15) is 18.0 Å². The molecule has 126 valence electrons. The fraction of sp³-hybridized carbons (Fsp3) is 0.667. The first kappa shape index (κ1) is 18.6. The van der Waals surface area contributed by atoms with E-state index < -0.39 is 24.1 Å². The van der Waals surface area contributed by atoms with Crippen LogP contribution in [0.4, 0.5) is 18.0 Å². The molecule has 1 atom stereocenters. The molecule has 4 N–H and O–H groups in total. The van der Waals surface area contributed by atoms with E-state index in [1.54, 1.807) is 11.9 Å². The minimum absolute atomic E-state index is 0.0537. The molecule has 6 nitrogen and oxygen atoms in total. The molecule has 0 aliphatic carbocycles. The molecule has 1 amide bonds. The predicted molar refractivity (Wildman–Crippen MR) is 77.0 cm³/mol. The average Bonchev–Trinajstić information content (AvgIpc) is 2.90. The van der Waals surface area contributed by atoms with Gasteiger partial charge in [-0.1, -0.05) is 18.9 Å². The number of alkyl halides is 3. The van der Waals surface area contributed by atoms with Gasteiger partial charge in [0.25, 0.3) is 0 Å². The highest BCUT2D eigenvalue weighted by atomic mass is 32.2. The Morgan fingerprint density at radius 1 is 1.55 bits per heavy atom. The predicted octanol–water partition coefficient (Wildman–Crippen LogP) is 2.99. The van der Waals surface area contributed by atoms with E-state index in [2.05, 4.69) is 14.7 Å². The number of hydrogen-bond donors (Lipinski definition) is 3. The van der Waals surface area contributed by atoms with Gasteiger partial charge in [0.1, 0.15) is 11.5 Å². The van der Waals surface area contributed by atoms with Gasteiger partial charge in [-0.15, -0.1) is 0 Å². The number of amides is 1. The number of hydrogen-bond acceptors (Lipinski definition) is 5. The molecule has 0 bridgehead atoms. The molecule has 1 aromatic rings. The van der Waals surface area contributed by atoms with Crippen LogP contribution in [0.3, 0.4) is 0 Å². The lowest BCUT2D eigenvalue weighted by Gasteiger charge is -2.14. The van der Waals surface area contributed by atoms with Crippen molar-refractivity contribution in [3.63, 3.8) is 0 Å². The summed E-state index contributed by atoms with van der Waals surface area (Å²) in [6.07, 6.45) is -4.03. The first-order chi connectivity index (χ1) is 10.3. The summed E-state index contributed by atoms with van der Waals surface area (Å²) < 4.78 is 45.6. The van der Waals surface area contributed by atoms with Gasteiger partial charge in [-0.25, -0.2) is 9.78 Å². The second-order valence-electron chi connectivity index (χ2n) is 4.43. The molecule has 0 radical (unpaired) electrons. The Morgan fingerprint density at radius 2 is 2.27 bits per heavy atom. The molecule has 1 aromatic heterocycles. The number of nitrogens with zero attached hydrogens (tertiary/aromatic N) is 1. The summed E-state index contributed by atoms with van der Waals surface area (Å²) in [5, 5.41) is 0. The number of aromatic nitrogens is 2. The normalized spacial score (nSPS) is 13.1. The van der Waals surface area contributed by atoms with Gasteiger partial charge in [0.05, 0.1) is 6.20 Å². The first-order valence-electron chi connectivity index (χ1n) is 6.77. The van der Waals surface area contributed by atoms with Crippen LogP contribution in [0.5, 0.6) is 0 Å². The molecular formula is C12H19F3N4O2S. The molecule has 1 unspecified atom stereocenters. The van der Waals surface area contributed by atoms with E-state index in [0.717, 1.165) is 18.7 Å². The number of halogens is 3. The largest absolute Gasteiger partial charge is 0.438 e. The van der Waals surface area contributed by atoms with Crippen molar-refractivity contribution < 1.29 is 22.7 Å². The lowest BCUT2D eigenvalue weighted by atomic mass is 10.1. The quantitative estimate of drug-likeness (QED) is 0.475. The fourth-order valence-electron chi connectivity index (χ4n) is 1.74. The zero-order valence-corrected chi connectivity index (χ0v) is 12.9. The molecule has 22 heavy (non-hydrogen) atoms. The molecule has 1 heterocycles. The van der Waals surface area contributed by atoms with Crippen molar-refractivity contribution in [2.75, 3.05) is 12.3 Å². The van der Waals surface area contributed by atoms with Crippen molar-refractivity contribution in [1.29, 1.82) is 0 Å². The minimum atomic E-state index is -4.52. The van der Waals surface area contributed by atoms with Crippen molar-refractivity contribution in [1.82, 2.24) is 14.7 Å². The van der Waals surface area contributed by atoms with Crippen LogP contribution in [-0.4, -0.2) is 28.4 Å². The van der Waals surface area contributed by atoms with Gasteiger partial charge in [0.15, 0.2) is 6.10 Å². The van der Waals surface area contributed by atoms with Crippen LogP contribution in [0.2, 0.25) is 0 Å². The Bertz CT molecular complexity index is 467. The maximum absolute atomic E-state index is 12.5. The van der Waals surface area contributed by atoms with Gasteiger partial charge in [-0.3, -0.25) is 4.72 Å². The SMILES string of the molecule is CCSNCCCCC(OC(N)=O)c1ncc(C(F)(F)F)[nH]1. The number of H-pyrrole nitrogens is 1. The van der Waals surface area contributed by atoms with Gasteiger partial charge in [-0.2, -0.15) is 13.2 Å². The number of aromatic amines is 1. The van der Waals surface area contributed by atoms with Crippen LogP contribution in [0.1, 0.15) is 43.8 Å². The van der Waals surface area contributed by atoms with Crippen molar-refractivity contribution >= 4 is 18.0 Å². The highest BCUT2D eigenvalue weighted by molar-refractivity contribution is 7.97. The van der Waals surface area contributed by atoms with Gasteiger partial charge >= 0.3 is 12.3 Å². The number of rotatable bonds is 9. The Hall–Kier alpha value is -1.42. The van der Waals surface area contributed by atoms with E-state index in [4.69, 9.17) is 10.5 Å². The Kier molecular flexibility index (Phi) is 7.52. The Morgan fingerprint density at radius 3 is 2.82 bits per heavy atom. The highest BCUT2D eigenvalue weighted by Crippen LogP contribution is 2.29. The van der Waals surface area contributed by atoms with Crippen LogP contribution in [0.15, 0.2) is 6.20 Å². The van der Waals surface area contributed by atoms with Crippen molar-refractivity contribution in [3.05, 3.63) is 17.7 Å². The number of unbranched alkanes of at least 4 members (excludes halogenated alkanes) is 1. The van der Waals surface area contributed by atoms with Crippen LogP contribution in [-0.2, 0) is 10.9 Å². The van der Waals surface area contributed by atoms with Crippen molar-refractivity contribution in [2.45, 2.75) is 38.5 Å². The third kappa shape index (κ3) is 6.56. The number of nitrogens with two attached hydrogens (primary N) is 1. The second-order valence-corrected chi connectivity index (χ2v) is 5.58. The van der Waals surface area contributed by atoms with E-state index >= 15 is 0 Å². The molecule has 0 spiro atoms. The second kappa shape index (κ2) is 8.89. The zero-order valence-electron chi connectivity index (χ0n) is 12.1. The maximum atomic E-state index is 12.5. The topological polar surface area (TPSA) is 93.0 Å². The van der Waals surface area contributed by atoms with Gasteiger partial charge in [0.2, 0.25) is 0 Å². The monoisotopic (exact) mass is 340 g/mol. The summed E-state index contributed by atoms with van der Waals surface area (Å²) in [5.41, 5.74) is 3.97. The lowest BCUT2D eigenvalue weighted by Crippen LogP contribution is -2.19. The third-order valence-corrected chi connectivity index (χ3v) is 3.40. The smallest absolute Gasteiger partial charge is 0.432 e. The number of carbonyl (C=O) groups excluding carboxylic acids is 1. The number of primary amides is 1. The van der Waals surface area contributed by atoms with Crippen LogP contribution >= 0.6 is 11.9 Å². The molecule has 0 saturated heterocycles. The number of imidazole rings is 1. The summed E-state index contributed by atoms with van der Waals surface area (Å²) in [6, 6.07) is 0. The molecule has 0 saturated carbocycles. The molecular weight excluding hydrogens is 321 g/mol. The molecule has 0 aliphatic heterocycles. The summed E-state index contributed by atoms with van der Waals surface area (Å²) in [7, 11) is 0. The van der Waals surface area contributed by atoms with E-state index in [1.165, 1.54) is 0 Å². The van der Waals surface area contributed by atoms with E-state index in [1.807, 2.05) is 6.92 Å². The fourth-order valence-corrected chi connectivity index (χ4v) is 2.23. The maximum Gasteiger partial charge on any atom is 0.432 e. The lowest BCUT2D eigenvalue weighted by molar-refractivity contribution is -0.141. The average molecular weight is 340 g/mol. The van der Waals surface area contributed by atoms with Crippen LogP contribution in [0, 0.1) is 0 Å². The zero-order chi connectivity index (χ0) is 16.6. The molecule has 0 aliphatic rings. The highest BCUT2D eigenvalue weighted by Gasteiger charge is 2.34. The number of nitrogens with one attached hydrogen (secondary N) is 2.